The van der Waals surface area contributed by atoms with E-state index in [-0.39, 0.29) is 17.5 Å². The van der Waals surface area contributed by atoms with Gasteiger partial charge < -0.3 is 10.6 Å². The largest absolute Gasteiger partial charge is 0.349 e. The molecule has 0 spiro atoms. The van der Waals surface area contributed by atoms with E-state index >= 15 is 0 Å². The van der Waals surface area contributed by atoms with Gasteiger partial charge in [0, 0.05) is 29.2 Å². The maximum atomic E-state index is 13.1. The molecule has 7 heteroatoms. The fourth-order valence-electron chi connectivity index (χ4n) is 3.78. The molecule has 182 valence electrons. The van der Waals surface area contributed by atoms with E-state index in [4.69, 9.17) is 0 Å². The molecule has 0 saturated carbocycles. The van der Waals surface area contributed by atoms with Crippen molar-refractivity contribution < 1.29 is 14.0 Å². The molecule has 0 aliphatic carbocycles. The van der Waals surface area contributed by atoms with E-state index in [2.05, 4.69) is 10.6 Å². The van der Waals surface area contributed by atoms with E-state index < -0.39 is 17.3 Å². The molecule has 0 aliphatic rings. The Morgan fingerprint density at radius 3 is 2.25 bits per heavy atom. The zero-order valence-electron chi connectivity index (χ0n) is 19.8. The molecule has 1 aromatic heterocycles. The minimum Gasteiger partial charge on any atom is -0.349 e. The molecule has 6 nitrogen and oxygen atoms in total. The zero-order valence-corrected chi connectivity index (χ0v) is 19.8. The summed E-state index contributed by atoms with van der Waals surface area (Å²) in [6.07, 6.45) is 3.16. The lowest BCUT2D eigenvalue weighted by Crippen LogP contribution is -2.37. The van der Waals surface area contributed by atoms with Crippen molar-refractivity contribution in [2.75, 3.05) is 5.32 Å². The van der Waals surface area contributed by atoms with Gasteiger partial charge in [-0.1, -0.05) is 30.3 Å². The quantitative estimate of drug-likeness (QED) is 0.371. The van der Waals surface area contributed by atoms with Crippen molar-refractivity contribution in [1.29, 1.82) is 0 Å². The molecule has 0 unspecified atom stereocenters. The van der Waals surface area contributed by atoms with Crippen LogP contribution in [0.2, 0.25) is 0 Å². The van der Waals surface area contributed by atoms with E-state index in [1.54, 1.807) is 36.5 Å². The number of benzene rings is 3. The third kappa shape index (κ3) is 6.13. The molecule has 1 atom stereocenters. The van der Waals surface area contributed by atoms with Gasteiger partial charge in [-0.2, -0.15) is 0 Å². The maximum Gasteiger partial charge on any atom is 0.267 e. The predicted molar refractivity (Wildman–Crippen MR) is 138 cm³/mol. The molecule has 36 heavy (non-hydrogen) atoms. The van der Waals surface area contributed by atoms with Crippen LogP contribution in [0.5, 0.6) is 0 Å². The van der Waals surface area contributed by atoms with Crippen LogP contribution >= 0.6 is 0 Å². The molecular weight excluding hydrogens is 457 g/mol. The summed E-state index contributed by atoms with van der Waals surface area (Å²) in [5.74, 6) is -1.21. The number of aromatic nitrogens is 1. The highest BCUT2D eigenvalue weighted by Gasteiger charge is 2.15. The third-order valence-corrected chi connectivity index (χ3v) is 5.79. The van der Waals surface area contributed by atoms with Crippen LogP contribution in [0, 0.1) is 5.82 Å². The first-order chi connectivity index (χ1) is 17.4. The Morgan fingerprint density at radius 2 is 1.56 bits per heavy atom. The van der Waals surface area contributed by atoms with Crippen LogP contribution in [0.3, 0.4) is 0 Å². The molecule has 4 aromatic rings. The highest BCUT2D eigenvalue weighted by molar-refractivity contribution is 6.04. The van der Waals surface area contributed by atoms with Crippen LogP contribution < -0.4 is 16.2 Å². The summed E-state index contributed by atoms with van der Waals surface area (Å²) in [6, 6.07) is 25.0. The van der Waals surface area contributed by atoms with Gasteiger partial charge in [-0.3, -0.25) is 19.0 Å². The van der Waals surface area contributed by atoms with Crippen LogP contribution in [-0.2, 0) is 6.42 Å². The number of halogens is 1. The Balaban J connectivity index is 1.42. The van der Waals surface area contributed by atoms with Crippen LogP contribution in [0.15, 0.2) is 102 Å². The molecular formula is C29H26FN3O3. The second kappa shape index (κ2) is 11.3. The Kier molecular flexibility index (Phi) is 7.70. The molecule has 0 fully saturated rings. The summed E-state index contributed by atoms with van der Waals surface area (Å²) >= 11 is 0. The predicted octanol–water partition coefficient (Wildman–Crippen LogP) is 4.98. The van der Waals surface area contributed by atoms with Gasteiger partial charge in [0.2, 0.25) is 0 Å². The third-order valence-electron chi connectivity index (χ3n) is 5.79. The summed E-state index contributed by atoms with van der Waals surface area (Å²) in [5, 5.41) is 5.65. The molecule has 0 saturated heterocycles. The van der Waals surface area contributed by atoms with Gasteiger partial charge in [0.25, 0.3) is 17.4 Å². The van der Waals surface area contributed by atoms with E-state index in [1.165, 1.54) is 40.5 Å². The fourth-order valence-corrected chi connectivity index (χ4v) is 3.78. The monoisotopic (exact) mass is 483 g/mol. The molecule has 3 aromatic carbocycles. The lowest BCUT2D eigenvalue weighted by atomic mass is 10.1. The summed E-state index contributed by atoms with van der Waals surface area (Å²) in [5.41, 5.74) is 2.20. The van der Waals surface area contributed by atoms with Crippen LogP contribution in [0.1, 0.15) is 39.6 Å². The minimum atomic E-state index is -0.437. The smallest absolute Gasteiger partial charge is 0.267 e. The summed E-state index contributed by atoms with van der Waals surface area (Å²) in [6.45, 7) is 1.92. The first-order valence-electron chi connectivity index (χ1n) is 11.6. The minimum absolute atomic E-state index is 0.0535. The number of aryl methyl sites for hydroxylation is 1. The number of carbonyl (C=O) groups is 2. The van der Waals surface area contributed by atoms with Gasteiger partial charge in [-0.05, 0) is 86.0 Å². The zero-order chi connectivity index (χ0) is 25.5. The normalized spacial score (nSPS) is 11.5. The van der Waals surface area contributed by atoms with E-state index in [9.17, 15) is 18.8 Å². The molecule has 2 amide bonds. The number of hydrogen-bond donors (Lipinski definition) is 2. The molecule has 2 N–H and O–H groups in total. The number of pyridine rings is 1. The van der Waals surface area contributed by atoms with Crippen molar-refractivity contribution in [3.63, 3.8) is 0 Å². The molecule has 0 radical (unpaired) electrons. The molecule has 0 bridgehead atoms. The van der Waals surface area contributed by atoms with Crippen LogP contribution in [-0.4, -0.2) is 22.4 Å². The first kappa shape index (κ1) is 24.6. The highest BCUT2D eigenvalue weighted by atomic mass is 19.1. The molecule has 1 heterocycles. The van der Waals surface area contributed by atoms with Crippen molar-refractivity contribution >= 4 is 17.5 Å². The lowest BCUT2D eigenvalue weighted by molar-refractivity contribution is 0.0936. The van der Waals surface area contributed by atoms with E-state index in [0.29, 0.717) is 16.9 Å². The van der Waals surface area contributed by atoms with Gasteiger partial charge in [0.05, 0.1) is 0 Å². The van der Waals surface area contributed by atoms with Crippen molar-refractivity contribution in [3.05, 3.63) is 130 Å². The standard InChI is InChI=1S/C29H26FN3O3/c1-20(9-10-21-6-3-2-4-7-21)31-28(35)26-8-5-19-33(29(26)36)25-17-15-24(16-18-25)32-27(34)22-11-13-23(30)14-12-22/h2-8,11-20H,9-10H2,1H3,(H,31,35)(H,32,34)/t20-/m0/s1. The number of hydrogen-bond acceptors (Lipinski definition) is 3. The van der Waals surface area contributed by atoms with Gasteiger partial charge >= 0.3 is 0 Å². The second-order valence-corrected chi connectivity index (χ2v) is 8.50. The Labute approximate surface area is 208 Å². The first-order valence-corrected chi connectivity index (χ1v) is 11.6. The van der Waals surface area contributed by atoms with Crippen molar-refractivity contribution in [2.45, 2.75) is 25.8 Å². The van der Waals surface area contributed by atoms with Gasteiger partial charge in [0.1, 0.15) is 11.4 Å². The number of nitrogens with one attached hydrogen (secondary N) is 2. The Hall–Kier alpha value is -4.52. The molecule has 0 aliphatic heterocycles. The number of anilines is 1. The van der Waals surface area contributed by atoms with E-state index in [0.717, 1.165) is 12.8 Å². The number of carbonyl (C=O) groups excluding carboxylic acids is 2. The van der Waals surface area contributed by atoms with Crippen molar-refractivity contribution in [1.82, 2.24) is 9.88 Å². The Morgan fingerprint density at radius 1 is 0.861 bits per heavy atom. The Bertz CT molecular complexity index is 1400. The van der Waals surface area contributed by atoms with Crippen LogP contribution in [0.4, 0.5) is 10.1 Å². The summed E-state index contributed by atoms with van der Waals surface area (Å²) in [7, 11) is 0. The molecule has 4 rings (SSSR count). The average Bonchev–Trinajstić information content (AvgIpc) is 2.89. The van der Waals surface area contributed by atoms with E-state index in [1.807, 2.05) is 37.3 Å². The lowest BCUT2D eigenvalue weighted by Gasteiger charge is -2.15. The van der Waals surface area contributed by atoms with Gasteiger partial charge in [-0.15, -0.1) is 0 Å². The van der Waals surface area contributed by atoms with Crippen molar-refractivity contribution in [2.24, 2.45) is 0 Å². The van der Waals surface area contributed by atoms with Gasteiger partial charge in [0.15, 0.2) is 0 Å². The van der Waals surface area contributed by atoms with Gasteiger partial charge in [-0.25, -0.2) is 4.39 Å². The van der Waals surface area contributed by atoms with Crippen LogP contribution in [0.25, 0.3) is 5.69 Å². The number of rotatable bonds is 8. The fraction of sp³-hybridized carbons (Fsp3) is 0.138. The summed E-state index contributed by atoms with van der Waals surface area (Å²) < 4.78 is 14.5. The van der Waals surface area contributed by atoms with Crippen molar-refractivity contribution in [3.8, 4) is 5.69 Å². The highest BCUT2D eigenvalue weighted by Crippen LogP contribution is 2.14. The number of amides is 2. The number of nitrogens with zero attached hydrogens (tertiary/aromatic N) is 1. The average molecular weight is 484 g/mol. The maximum absolute atomic E-state index is 13.1. The topological polar surface area (TPSA) is 80.2 Å². The second-order valence-electron chi connectivity index (χ2n) is 8.50. The SMILES string of the molecule is C[C@@H](CCc1ccccc1)NC(=O)c1cccn(-c2ccc(NC(=O)c3ccc(F)cc3)cc2)c1=O. The summed E-state index contributed by atoms with van der Waals surface area (Å²) in [4.78, 5) is 38.2.